The molecule has 0 bridgehead atoms. The molecule has 0 radical (unpaired) electrons. The lowest BCUT2D eigenvalue weighted by Crippen LogP contribution is -2.26. The first-order valence-electron chi connectivity index (χ1n) is 3.36. The van der Waals surface area contributed by atoms with Crippen LogP contribution in [0.3, 0.4) is 0 Å². The van der Waals surface area contributed by atoms with Crippen molar-refractivity contribution >= 4 is 11.9 Å². The molecule has 0 saturated carbocycles. The molecule has 7 heteroatoms. The molecule has 76 valence electrons. The Labute approximate surface area is 71.5 Å². The third-order valence-corrected chi connectivity index (χ3v) is 0.896. The fourth-order valence-corrected chi connectivity index (χ4v) is 0.377. The van der Waals surface area contributed by atoms with Crippen LogP contribution in [0, 0.1) is 0 Å². The fourth-order valence-electron chi connectivity index (χ4n) is 0.377. The minimum Gasteiger partial charge on any atom is -0.247 e. The number of halogens is 3. The number of hydrogen-bond donors (Lipinski definition) is 0. The maximum atomic E-state index is 11.4. The van der Waals surface area contributed by atoms with Crippen LogP contribution in [0.2, 0.25) is 0 Å². The van der Waals surface area contributed by atoms with E-state index in [-0.39, 0.29) is 6.42 Å². The summed E-state index contributed by atoms with van der Waals surface area (Å²) in [6.45, 7) is 1.62. The zero-order chi connectivity index (χ0) is 10.5. The Morgan fingerprint density at radius 2 is 1.77 bits per heavy atom. The second-order valence-corrected chi connectivity index (χ2v) is 2.07. The Morgan fingerprint density at radius 3 is 2.15 bits per heavy atom. The molecule has 0 rings (SSSR count). The van der Waals surface area contributed by atoms with Crippen molar-refractivity contribution in [1.29, 1.82) is 0 Å². The van der Waals surface area contributed by atoms with Gasteiger partial charge in [0.05, 0.1) is 0 Å². The summed E-state index contributed by atoms with van der Waals surface area (Å²) in [4.78, 5) is 27.1. The first-order valence-corrected chi connectivity index (χ1v) is 3.36. The van der Waals surface area contributed by atoms with Crippen molar-refractivity contribution in [3.8, 4) is 0 Å². The number of carbonyl (C=O) groups is 2. The molecule has 0 aliphatic carbocycles. The standard InChI is InChI=1S/C6H7F3O4/c1-2-3-4(10)12-13-5(11)6(7,8)9/h2-3H2,1H3. The maximum Gasteiger partial charge on any atom is 0.495 e. The minimum absolute atomic E-state index is 0.106. The molecule has 0 aromatic rings. The smallest absolute Gasteiger partial charge is 0.247 e. The van der Waals surface area contributed by atoms with Gasteiger partial charge in [0.25, 0.3) is 0 Å². The van der Waals surface area contributed by atoms with Gasteiger partial charge in [0, 0.05) is 6.42 Å². The second kappa shape index (κ2) is 4.68. The molecule has 13 heavy (non-hydrogen) atoms. The van der Waals surface area contributed by atoms with Gasteiger partial charge in [-0.05, 0) is 6.42 Å². The molecule has 0 saturated heterocycles. The van der Waals surface area contributed by atoms with Crippen LogP contribution in [0.25, 0.3) is 0 Å². The van der Waals surface area contributed by atoms with Crippen molar-refractivity contribution in [1.82, 2.24) is 0 Å². The Bertz CT molecular complexity index is 199. The molecule has 0 unspecified atom stereocenters. The van der Waals surface area contributed by atoms with E-state index in [0.717, 1.165) is 0 Å². The first-order chi connectivity index (χ1) is 5.88. The van der Waals surface area contributed by atoms with Crippen molar-refractivity contribution in [3.63, 3.8) is 0 Å². The van der Waals surface area contributed by atoms with Crippen molar-refractivity contribution < 1.29 is 32.5 Å². The Balaban J connectivity index is 3.77. The number of hydrogen-bond acceptors (Lipinski definition) is 4. The highest BCUT2D eigenvalue weighted by Gasteiger charge is 2.43. The zero-order valence-corrected chi connectivity index (χ0v) is 6.68. The van der Waals surface area contributed by atoms with Gasteiger partial charge >= 0.3 is 18.1 Å². The van der Waals surface area contributed by atoms with Gasteiger partial charge in [-0.2, -0.15) is 13.2 Å². The van der Waals surface area contributed by atoms with Crippen LogP contribution in [-0.4, -0.2) is 18.1 Å². The molecule has 0 atom stereocenters. The maximum absolute atomic E-state index is 11.4. The van der Waals surface area contributed by atoms with Crippen LogP contribution in [0.1, 0.15) is 19.8 Å². The minimum atomic E-state index is -5.15. The van der Waals surface area contributed by atoms with Crippen LogP contribution in [0.15, 0.2) is 0 Å². The summed E-state index contributed by atoms with van der Waals surface area (Å²) >= 11 is 0. The molecule has 0 heterocycles. The molecule has 0 amide bonds. The molecule has 0 aromatic carbocycles. The van der Waals surface area contributed by atoms with Gasteiger partial charge in [-0.1, -0.05) is 6.92 Å². The topological polar surface area (TPSA) is 52.6 Å². The monoisotopic (exact) mass is 200 g/mol. The van der Waals surface area contributed by atoms with Gasteiger partial charge in [0.15, 0.2) is 0 Å². The zero-order valence-electron chi connectivity index (χ0n) is 6.68. The van der Waals surface area contributed by atoms with Gasteiger partial charge in [-0.3, -0.25) is 0 Å². The van der Waals surface area contributed by atoms with E-state index in [9.17, 15) is 22.8 Å². The van der Waals surface area contributed by atoms with Gasteiger partial charge in [-0.15, -0.1) is 0 Å². The van der Waals surface area contributed by atoms with Crippen LogP contribution < -0.4 is 0 Å². The summed E-state index contributed by atoms with van der Waals surface area (Å²) in [5.41, 5.74) is 0. The van der Waals surface area contributed by atoms with E-state index in [1.165, 1.54) is 0 Å². The van der Waals surface area contributed by atoms with Crippen molar-refractivity contribution in [3.05, 3.63) is 0 Å². The van der Waals surface area contributed by atoms with E-state index in [2.05, 4.69) is 9.78 Å². The van der Waals surface area contributed by atoms with Crippen LogP contribution in [0.4, 0.5) is 13.2 Å². The third-order valence-electron chi connectivity index (χ3n) is 0.896. The largest absolute Gasteiger partial charge is 0.495 e. The Hall–Kier alpha value is -1.27. The third kappa shape index (κ3) is 5.05. The van der Waals surface area contributed by atoms with E-state index in [1.54, 1.807) is 6.92 Å². The normalized spacial score (nSPS) is 10.8. The van der Waals surface area contributed by atoms with Gasteiger partial charge in [0.2, 0.25) is 0 Å². The predicted molar refractivity (Wildman–Crippen MR) is 33.1 cm³/mol. The predicted octanol–water partition coefficient (Wildman–Crippen LogP) is 1.35. The molecule has 0 aromatic heterocycles. The second-order valence-electron chi connectivity index (χ2n) is 2.07. The average molecular weight is 200 g/mol. The highest BCUT2D eigenvalue weighted by Crippen LogP contribution is 2.16. The van der Waals surface area contributed by atoms with E-state index < -0.39 is 18.1 Å². The average Bonchev–Trinajstić information content (AvgIpc) is 1.99. The summed E-state index contributed by atoms with van der Waals surface area (Å²) in [6, 6.07) is 0. The highest BCUT2D eigenvalue weighted by atomic mass is 19.4. The van der Waals surface area contributed by atoms with E-state index in [1.807, 2.05) is 0 Å². The summed E-state index contributed by atoms with van der Waals surface area (Å²) < 4.78 is 34.3. The van der Waals surface area contributed by atoms with Gasteiger partial charge < -0.3 is 0 Å². The number of alkyl halides is 3. The van der Waals surface area contributed by atoms with Crippen LogP contribution in [0.5, 0.6) is 0 Å². The number of rotatable bonds is 2. The molecule has 0 fully saturated rings. The summed E-state index contributed by atoms with van der Waals surface area (Å²) in [6.07, 6.45) is -4.86. The molecule has 0 N–H and O–H groups in total. The summed E-state index contributed by atoms with van der Waals surface area (Å²) in [5, 5.41) is 0. The van der Waals surface area contributed by atoms with Crippen LogP contribution in [-0.2, 0) is 19.4 Å². The molecular formula is C6H7F3O4. The van der Waals surface area contributed by atoms with E-state index >= 15 is 0 Å². The molecule has 0 aliphatic heterocycles. The molecule has 4 nitrogen and oxygen atoms in total. The van der Waals surface area contributed by atoms with Gasteiger partial charge in [0.1, 0.15) is 0 Å². The van der Waals surface area contributed by atoms with E-state index in [0.29, 0.717) is 6.42 Å². The Kier molecular flexibility index (Phi) is 4.22. The Morgan fingerprint density at radius 1 is 1.23 bits per heavy atom. The lowest BCUT2D eigenvalue weighted by molar-refractivity contribution is -0.285. The van der Waals surface area contributed by atoms with E-state index in [4.69, 9.17) is 0 Å². The molecular weight excluding hydrogens is 193 g/mol. The summed E-state index contributed by atoms with van der Waals surface area (Å²) in [7, 11) is 0. The fraction of sp³-hybridized carbons (Fsp3) is 0.667. The molecule has 0 aliphatic rings. The number of carbonyl (C=O) groups excluding carboxylic acids is 2. The van der Waals surface area contributed by atoms with Crippen LogP contribution >= 0.6 is 0 Å². The van der Waals surface area contributed by atoms with Crippen molar-refractivity contribution in [2.45, 2.75) is 25.9 Å². The van der Waals surface area contributed by atoms with Crippen molar-refractivity contribution in [2.75, 3.05) is 0 Å². The van der Waals surface area contributed by atoms with Crippen molar-refractivity contribution in [2.24, 2.45) is 0 Å². The first kappa shape index (κ1) is 11.7. The molecule has 0 spiro atoms. The highest BCUT2D eigenvalue weighted by molar-refractivity contribution is 5.76. The quantitative estimate of drug-likeness (QED) is 0.498. The van der Waals surface area contributed by atoms with Gasteiger partial charge in [-0.25, -0.2) is 19.4 Å². The SMILES string of the molecule is CCCC(=O)OOC(=O)C(F)(F)F. The lowest BCUT2D eigenvalue weighted by atomic mass is 10.3. The summed E-state index contributed by atoms with van der Waals surface area (Å²) in [5.74, 6) is -3.56. The lowest BCUT2D eigenvalue weighted by Gasteiger charge is -2.04.